The van der Waals surface area contributed by atoms with Crippen LogP contribution in [0.25, 0.3) is 0 Å². The Morgan fingerprint density at radius 2 is 0.714 bits per heavy atom. The molecule has 0 saturated heterocycles. The molecule has 0 aromatic rings. The number of hydrogen-bond donors (Lipinski definition) is 1. The third-order valence-electron chi connectivity index (χ3n) is 7.83. The van der Waals surface area contributed by atoms with E-state index in [1.807, 2.05) is 12.2 Å². The van der Waals surface area contributed by atoms with Crippen LogP contribution in [0.2, 0.25) is 0 Å². The van der Waals surface area contributed by atoms with Crippen molar-refractivity contribution in [1.82, 2.24) is 0 Å². The highest BCUT2D eigenvalue weighted by atomic mass is 16.6. The number of aliphatic hydroxyl groups excluding tert-OH is 1. The van der Waals surface area contributed by atoms with Gasteiger partial charge in [0.2, 0.25) is 0 Å². The van der Waals surface area contributed by atoms with Crippen molar-refractivity contribution in [1.29, 1.82) is 0 Å². The summed E-state index contributed by atoms with van der Waals surface area (Å²) < 4.78 is 10.5. The van der Waals surface area contributed by atoms with E-state index in [4.69, 9.17) is 9.47 Å². The van der Waals surface area contributed by atoms with Crippen LogP contribution in [0.5, 0.6) is 0 Å². The Morgan fingerprint density at radius 1 is 0.411 bits per heavy atom. The Morgan fingerprint density at radius 3 is 1.04 bits per heavy atom. The summed E-state index contributed by atoms with van der Waals surface area (Å²) in [6.07, 6.45) is 70.3. The Balaban J connectivity index is 3.85. The van der Waals surface area contributed by atoms with Crippen LogP contribution in [-0.2, 0) is 19.1 Å². The van der Waals surface area contributed by atoms with Crippen molar-refractivity contribution in [3.8, 4) is 0 Å². The van der Waals surface area contributed by atoms with E-state index in [1.54, 1.807) is 0 Å². The van der Waals surface area contributed by atoms with Crippen molar-refractivity contribution in [2.75, 3.05) is 13.2 Å². The molecular formula is C51H74O5. The molecular weight excluding hydrogens is 693 g/mol. The molecule has 5 heteroatoms. The third kappa shape index (κ3) is 42.3. The van der Waals surface area contributed by atoms with E-state index in [2.05, 4.69) is 160 Å². The largest absolute Gasteiger partial charge is 0.462 e. The van der Waals surface area contributed by atoms with Gasteiger partial charge >= 0.3 is 11.9 Å². The average molecular weight is 767 g/mol. The molecule has 0 fully saturated rings. The van der Waals surface area contributed by atoms with Crippen LogP contribution in [-0.4, -0.2) is 36.4 Å². The summed E-state index contributed by atoms with van der Waals surface area (Å²) in [5, 5.41) is 9.56. The van der Waals surface area contributed by atoms with Gasteiger partial charge < -0.3 is 14.6 Å². The summed E-state index contributed by atoms with van der Waals surface area (Å²) >= 11 is 0. The van der Waals surface area contributed by atoms with Crippen molar-refractivity contribution >= 4 is 11.9 Å². The lowest BCUT2D eigenvalue weighted by Gasteiger charge is -2.15. The van der Waals surface area contributed by atoms with E-state index in [-0.39, 0.29) is 25.4 Å². The molecule has 56 heavy (non-hydrogen) atoms. The second-order valence-corrected chi connectivity index (χ2v) is 12.9. The van der Waals surface area contributed by atoms with Crippen molar-refractivity contribution in [2.45, 2.75) is 136 Å². The predicted octanol–water partition coefficient (Wildman–Crippen LogP) is 13.7. The van der Waals surface area contributed by atoms with E-state index in [9.17, 15) is 14.7 Å². The van der Waals surface area contributed by atoms with Crippen molar-refractivity contribution in [2.24, 2.45) is 0 Å². The van der Waals surface area contributed by atoms with Gasteiger partial charge in [-0.3, -0.25) is 9.59 Å². The minimum atomic E-state index is -0.846. The molecule has 0 radical (unpaired) electrons. The summed E-state index contributed by atoms with van der Waals surface area (Å²) in [5.41, 5.74) is 0. The number of allylic oxidation sites excluding steroid dienone is 26. The molecule has 0 aliphatic carbocycles. The van der Waals surface area contributed by atoms with E-state index in [0.717, 1.165) is 89.9 Å². The lowest BCUT2D eigenvalue weighted by Crippen LogP contribution is -2.28. The summed E-state index contributed by atoms with van der Waals surface area (Å²) in [4.78, 5) is 24.3. The molecule has 0 spiro atoms. The van der Waals surface area contributed by atoms with E-state index in [1.165, 1.54) is 0 Å². The smallest absolute Gasteiger partial charge is 0.306 e. The number of carbonyl (C=O) groups is 2. The Labute approximate surface area is 341 Å². The maximum Gasteiger partial charge on any atom is 0.306 e. The fourth-order valence-electron chi connectivity index (χ4n) is 4.74. The van der Waals surface area contributed by atoms with Crippen LogP contribution in [0.4, 0.5) is 0 Å². The van der Waals surface area contributed by atoms with Gasteiger partial charge in [-0.2, -0.15) is 0 Å². The zero-order chi connectivity index (χ0) is 40.7. The van der Waals surface area contributed by atoms with Gasteiger partial charge in [0.05, 0.1) is 6.61 Å². The van der Waals surface area contributed by atoms with Gasteiger partial charge in [0.15, 0.2) is 6.10 Å². The van der Waals surface area contributed by atoms with Crippen molar-refractivity contribution in [3.05, 3.63) is 158 Å². The summed E-state index contributed by atoms with van der Waals surface area (Å²) in [6, 6.07) is 0. The molecule has 1 unspecified atom stereocenters. The molecule has 0 aromatic heterocycles. The first-order chi connectivity index (χ1) is 27.6. The first-order valence-electron chi connectivity index (χ1n) is 21.0. The standard InChI is InChI=1S/C51H74O5/c1-3-5-7-9-11-13-15-17-19-21-23-24-25-26-28-30-32-34-36-38-40-42-44-46-51(54)56-49(47-52)48-55-50(53)45-43-41-39-37-35-33-31-29-27-22-20-18-16-14-12-10-8-6-4-2/h5-8,11-14,17-20,23-24,26-29,32-35,38-41,49,52H,3-4,9-10,15-16,21-22,25,30-31,36-37,42-48H2,1-2H3/b7-5-,8-6-,13-11-,14-12-,19-17-,20-18-,24-23-,28-26-,29-27-,34-32-,35-33-,40-38-,41-39-. The zero-order valence-corrected chi connectivity index (χ0v) is 34.8. The number of rotatable bonds is 35. The number of hydrogen-bond acceptors (Lipinski definition) is 5. The maximum atomic E-state index is 12.2. The van der Waals surface area contributed by atoms with Gasteiger partial charge in [-0.15, -0.1) is 0 Å². The molecule has 0 aliphatic heterocycles. The monoisotopic (exact) mass is 767 g/mol. The van der Waals surface area contributed by atoms with Crippen LogP contribution in [0.3, 0.4) is 0 Å². The number of unbranched alkanes of at least 4 members (excludes halogenated alkanes) is 1. The second-order valence-electron chi connectivity index (χ2n) is 12.9. The molecule has 5 nitrogen and oxygen atoms in total. The van der Waals surface area contributed by atoms with Crippen LogP contribution in [0, 0.1) is 0 Å². The molecule has 0 amide bonds. The molecule has 1 N–H and O–H groups in total. The first-order valence-corrected chi connectivity index (χ1v) is 21.0. The highest BCUT2D eigenvalue weighted by molar-refractivity contribution is 5.70. The molecule has 1 atom stereocenters. The van der Waals surface area contributed by atoms with Crippen molar-refractivity contribution < 1.29 is 24.2 Å². The molecule has 308 valence electrons. The molecule has 0 aliphatic rings. The fourth-order valence-corrected chi connectivity index (χ4v) is 4.74. The highest BCUT2D eigenvalue weighted by Crippen LogP contribution is 2.05. The average Bonchev–Trinajstić information content (AvgIpc) is 3.20. The van der Waals surface area contributed by atoms with E-state index >= 15 is 0 Å². The van der Waals surface area contributed by atoms with Gasteiger partial charge in [-0.1, -0.05) is 172 Å². The summed E-state index contributed by atoms with van der Waals surface area (Å²) in [7, 11) is 0. The quantitative estimate of drug-likeness (QED) is 0.0395. The highest BCUT2D eigenvalue weighted by Gasteiger charge is 2.15. The normalized spacial score (nSPS) is 13.8. The second kappa shape index (κ2) is 44.9. The number of carbonyl (C=O) groups excluding carboxylic acids is 2. The van der Waals surface area contributed by atoms with Crippen LogP contribution < -0.4 is 0 Å². The lowest BCUT2D eigenvalue weighted by molar-refractivity contribution is -0.161. The molecule has 0 heterocycles. The van der Waals surface area contributed by atoms with Gasteiger partial charge in [0, 0.05) is 12.8 Å². The Bertz CT molecular complexity index is 1330. The molecule has 0 saturated carbocycles. The molecule has 0 rings (SSSR count). The zero-order valence-electron chi connectivity index (χ0n) is 34.8. The molecule has 0 aromatic carbocycles. The van der Waals surface area contributed by atoms with Gasteiger partial charge in [-0.25, -0.2) is 0 Å². The van der Waals surface area contributed by atoms with Crippen LogP contribution in [0.1, 0.15) is 129 Å². The fraction of sp³-hybridized carbons (Fsp3) is 0.451. The van der Waals surface area contributed by atoms with Gasteiger partial charge in [0.1, 0.15) is 6.61 Å². The molecule has 0 bridgehead atoms. The Hall–Kier alpha value is -4.48. The predicted molar refractivity (Wildman–Crippen MR) is 241 cm³/mol. The maximum absolute atomic E-state index is 12.2. The minimum absolute atomic E-state index is 0.142. The summed E-state index contributed by atoms with van der Waals surface area (Å²) in [6.45, 7) is 3.76. The number of esters is 2. The Kier molecular flexibility index (Phi) is 41.3. The number of aliphatic hydroxyl groups is 1. The number of ether oxygens (including phenoxy) is 2. The van der Waals surface area contributed by atoms with Crippen LogP contribution >= 0.6 is 0 Å². The topological polar surface area (TPSA) is 72.8 Å². The van der Waals surface area contributed by atoms with Gasteiger partial charge in [-0.05, 0) is 103 Å². The van der Waals surface area contributed by atoms with Crippen molar-refractivity contribution in [3.63, 3.8) is 0 Å². The minimum Gasteiger partial charge on any atom is -0.462 e. The first kappa shape index (κ1) is 51.5. The summed E-state index contributed by atoms with van der Waals surface area (Å²) in [5.74, 6) is -0.778. The third-order valence-corrected chi connectivity index (χ3v) is 7.83. The van der Waals surface area contributed by atoms with Gasteiger partial charge in [0.25, 0.3) is 0 Å². The van der Waals surface area contributed by atoms with Crippen LogP contribution in [0.15, 0.2) is 158 Å². The lowest BCUT2D eigenvalue weighted by atomic mass is 10.2. The van der Waals surface area contributed by atoms with E-state index in [0.29, 0.717) is 12.8 Å². The van der Waals surface area contributed by atoms with E-state index < -0.39 is 18.7 Å². The SMILES string of the molecule is CC/C=C\C/C=C\C/C=C\C/C=C\C/C=C\C/C=C\C/C=C\CCCC(=O)OC(CO)COC(=O)CC/C=C\C/C=C\C/C=C\C/C=C\C/C=C\C/C=C\CC.